The predicted molar refractivity (Wildman–Crippen MR) is 106 cm³/mol. The molecule has 3 rings (SSSR count). The molecular formula is C18H20N4O2S2. The van der Waals surface area contributed by atoms with E-state index in [1.165, 1.54) is 23.1 Å². The van der Waals surface area contributed by atoms with Crippen LogP contribution in [-0.4, -0.2) is 21.4 Å². The summed E-state index contributed by atoms with van der Waals surface area (Å²) in [5.74, 6) is 0.777. The molecule has 2 aromatic heterocycles. The van der Waals surface area contributed by atoms with Crippen LogP contribution in [0.15, 0.2) is 45.4 Å². The Morgan fingerprint density at radius 1 is 1.31 bits per heavy atom. The maximum Gasteiger partial charge on any atom is 0.237 e. The van der Waals surface area contributed by atoms with Crippen molar-refractivity contribution in [3.63, 3.8) is 0 Å². The topological polar surface area (TPSA) is 80.0 Å². The first-order valence-corrected chi connectivity index (χ1v) is 9.85. The van der Waals surface area contributed by atoms with Crippen LogP contribution < -0.4 is 10.6 Å². The van der Waals surface area contributed by atoms with Crippen molar-refractivity contribution in [3.05, 3.63) is 53.5 Å². The predicted octanol–water partition coefficient (Wildman–Crippen LogP) is 4.48. The fourth-order valence-corrected chi connectivity index (χ4v) is 4.11. The monoisotopic (exact) mass is 388 g/mol. The second kappa shape index (κ2) is 8.37. The second-order valence-electron chi connectivity index (χ2n) is 5.87. The molecule has 0 spiro atoms. The standard InChI is InChI=1S/C18H20N4O2S2/c1-11-6-7-12(2)15(9-11)20-16(23)13(3)25-18-22-21-17(26-18)19-10-14-5-4-8-24-14/h4-9,13H,10H2,1-3H3,(H,19,21)(H,20,23)/t13-/m0/s1. The Hall–Kier alpha value is -2.32. The van der Waals surface area contributed by atoms with Gasteiger partial charge in [0.05, 0.1) is 18.1 Å². The van der Waals surface area contributed by atoms with E-state index in [2.05, 4.69) is 20.8 Å². The van der Waals surface area contributed by atoms with Crippen LogP contribution in [0.25, 0.3) is 0 Å². The number of nitrogens with one attached hydrogen (secondary N) is 2. The average molecular weight is 389 g/mol. The fourth-order valence-electron chi connectivity index (χ4n) is 2.21. The Morgan fingerprint density at radius 2 is 2.15 bits per heavy atom. The number of carbonyl (C=O) groups is 1. The van der Waals surface area contributed by atoms with Gasteiger partial charge in [-0.05, 0) is 50.1 Å². The van der Waals surface area contributed by atoms with Crippen molar-refractivity contribution in [2.24, 2.45) is 0 Å². The number of carbonyl (C=O) groups excluding carboxylic acids is 1. The van der Waals surface area contributed by atoms with Gasteiger partial charge in [0.25, 0.3) is 0 Å². The Balaban J connectivity index is 1.54. The minimum atomic E-state index is -0.277. The minimum absolute atomic E-state index is 0.0519. The summed E-state index contributed by atoms with van der Waals surface area (Å²) in [5, 5.41) is 14.8. The Labute approximate surface area is 160 Å². The lowest BCUT2D eigenvalue weighted by molar-refractivity contribution is -0.115. The van der Waals surface area contributed by atoms with E-state index in [-0.39, 0.29) is 11.2 Å². The zero-order valence-corrected chi connectivity index (χ0v) is 16.4. The van der Waals surface area contributed by atoms with Crippen LogP contribution in [0.3, 0.4) is 0 Å². The van der Waals surface area contributed by atoms with Gasteiger partial charge in [-0.2, -0.15) is 0 Å². The molecule has 0 aliphatic heterocycles. The fraction of sp³-hybridized carbons (Fsp3) is 0.278. The summed E-state index contributed by atoms with van der Waals surface area (Å²) in [6, 6.07) is 9.75. The van der Waals surface area contributed by atoms with E-state index < -0.39 is 0 Å². The Morgan fingerprint density at radius 3 is 2.92 bits per heavy atom. The number of amides is 1. The third-order valence-corrected chi connectivity index (χ3v) is 5.76. The van der Waals surface area contributed by atoms with E-state index in [9.17, 15) is 4.79 Å². The van der Waals surface area contributed by atoms with Gasteiger partial charge in [0.15, 0.2) is 4.34 Å². The number of hydrogen-bond acceptors (Lipinski definition) is 7. The smallest absolute Gasteiger partial charge is 0.237 e. The van der Waals surface area contributed by atoms with Gasteiger partial charge in [0.2, 0.25) is 11.0 Å². The number of hydrogen-bond donors (Lipinski definition) is 2. The summed E-state index contributed by atoms with van der Waals surface area (Å²) in [5.41, 5.74) is 3.00. The van der Waals surface area contributed by atoms with E-state index in [4.69, 9.17) is 4.42 Å². The third-order valence-electron chi connectivity index (χ3n) is 3.70. The van der Waals surface area contributed by atoms with Crippen LogP contribution in [0.5, 0.6) is 0 Å². The van der Waals surface area contributed by atoms with E-state index in [0.717, 1.165) is 26.9 Å². The van der Waals surface area contributed by atoms with Gasteiger partial charge in [-0.1, -0.05) is 35.2 Å². The second-order valence-corrected chi connectivity index (χ2v) is 8.44. The van der Waals surface area contributed by atoms with Gasteiger partial charge in [0.1, 0.15) is 5.76 Å². The highest BCUT2D eigenvalue weighted by Gasteiger charge is 2.18. The molecule has 136 valence electrons. The number of anilines is 2. The molecule has 0 bridgehead atoms. The molecule has 0 saturated carbocycles. The number of aryl methyl sites for hydroxylation is 2. The first kappa shape index (κ1) is 18.5. The molecule has 0 unspecified atom stereocenters. The molecule has 0 fully saturated rings. The van der Waals surface area contributed by atoms with E-state index in [0.29, 0.717) is 11.7 Å². The van der Waals surface area contributed by atoms with Crippen LogP contribution in [-0.2, 0) is 11.3 Å². The lowest BCUT2D eigenvalue weighted by Crippen LogP contribution is -2.22. The molecule has 2 N–H and O–H groups in total. The first-order chi connectivity index (χ1) is 12.5. The van der Waals surface area contributed by atoms with Crippen LogP contribution in [0.4, 0.5) is 10.8 Å². The van der Waals surface area contributed by atoms with Crippen LogP contribution in [0.2, 0.25) is 0 Å². The molecular weight excluding hydrogens is 368 g/mol. The van der Waals surface area contributed by atoms with Crippen LogP contribution in [0.1, 0.15) is 23.8 Å². The molecule has 1 amide bonds. The molecule has 0 aliphatic carbocycles. The third kappa shape index (κ3) is 4.86. The summed E-state index contributed by atoms with van der Waals surface area (Å²) in [4.78, 5) is 12.5. The summed E-state index contributed by atoms with van der Waals surface area (Å²) in [6.45, 7) is 6.40. The van der Waals surface area contributed by atoms with Gasteiger partial charge < -0.3 is 15.1 Å². The van der Waals surface area contributed by atoms with Gasteiger partial charge in [-0.15, -0.1) is 10.2 Å². The molecule has 1 atom stereocenters. The lowest BCUT2D eigenvalue weighted by atomic mass is 10.1. The highest BCUT2D eigenvalue weighted by molar-refractivity contribution is 8.02. The number of aromatic nitrogens is 2. The van der Waals surface area contributed by atoms with Crippen molar-refractivity contribution in [2.75, 3.05) is 10.6 Å². The number of nitrogens with zero attached hydrogens (tertiary/aromatic N) is 2. The molecule has 2 heterocycles. The Kier molecular flexibility index (Phi) is 5.95. The van der Waals surface area contributed by atoms with E-state index in [1.54, 1.807) is 6.26 Å². The van der Waals surface area contributed by atoms with Crippen molar-refractivity contribution in [1.82, 2.24) is 10.2 Å². The van der Waals surface area contributed by atoms with Crippen LogP contribution >= 0.6 is 23.1 Å². The molecule has 8 heteroatoms. The van der Waals surface area contributed by atoms with Gasteiger partial charge >= 0.3 is 0 Å². The molecule has 0 radical (unpaired) electrons. The number of benzene rings is 1. The molecule has 26 heavy (non-hydrogen) atoms. The molecule has 0 aliphatic rings. The number of rotatable bonds is 7. The van der Waals surface area contributed by atoms with Crippen molar-refractivity contribution >= 4 is 39.8 Å². The van der Waals surface area contributed by atoms with E-state index >= 15 is 0 Å². The first-order valence-electron chi connectivity index (χ1n) is 8.16. The Bertz CT molecular complexity index is 877. The lowest BCUT2D eigenvalue weighted by Gasteiger charge is -2.12. The van der Waals surface area contributed by atoms with Crippen molar-refractivity contribution in [3.8, 4) is 0 Å². The summed E-state index contributed by atoms with van der Waals surface area (Å²) in [6.07, 6.45) is 1.63. The molecule has 1 aromatic carbocycles. The zero-order valence-electron chi connectivity index (χ0n) is 14.8. The highest BCUT2D eigenvalue weighted by Crippen LogP contribution is 2.30. The van der Waals surface area contributed by atoms with Crippen molar-refractivity contribution in [1.29, 1.82) is 0 Å². The van der Waals surface area contributed by atoms with Gasteiger partial charge in [-0.25, -0.2) is 0 Å². The average Bonchev–Trinajstić information content (AvgIpc) is 3.28. The summed E-state index contributed by atoms with van der Waals surface area (Å²) >= 11 is 2.81. The van der Waals surface area contributed by atoms with Gasteiger partial charge in [0, 0.05) is 5.69 Å². The van der Waals surface area contributed by atoms with Gasteiger partial charge in [-0.3, -0.25) is 4.79 Å². The molecule has 0 saturated heterocycles. The SMILES string of the molecule is Cc1ccc(C)c(NC(=O)[C@H](C)Sc2nnc(NCc3ccco3)s2)c1. The normalized spacial score (nSPS) is 12.0. The summed E-state index contributed by atoms with van der Waals surface area (Å²) in [7, 11) is 0. The summed E-state index contributed by atoms with van der Waals surface area (Å²) < 4.78 is 6.01. The maximum atomic E-state index is 12.5. The maximum absolute atomic E-state index is 12.5. The highest BCUT2D eigenvalue weighted by atomic mass is 32.2. The quantitative estimate of drug-likeness (QED) is 0.581. The molecule has 6 nitrogen and oxygen atoms in total. The number of furan rings is 1. The van der Waals surface area contributed by atoms with E-state index in [1.807, 2.05) is 51.1 Å². The van der Waals surface area contributed by atoms with Crippen LogP contribution in [0, 0.1) is 13.8 Å². The van der Waals surface area contributed by atoms with Crippen molar-refractivity contribution < 1.29 is 9.21 Å². The minimum Gasteiger partial charge on any atom is -0.467 e. The largest absolute Gasteiger partial charge is 0.467 e. The number of thioether (sulfide) groups is 1. The molecule has 3 aromatic rings. The van der Waals surface area contributed by atoms with Crippen molar-refractivity contribution in [2.45, 2.75) is 36.9 Å². The zero-order chi connectivity index (χ0) is 18.5.